The Labute approximate surface area is 828 Å². The topological polar surface area (TPSA) is 343 Å². The quantitative estimate of drug-likeness (QED) is 0.0782. The highest BCUT2D eigenvalue weighted by atomic mass is 32.1. The number of aliphatic hydroxyl groups excluding tert-OH is 5. The molecular formula is C111H147N17O9S2. The molecule has 28 heteroatoms. The van der Waals surface area contributed by atoms with E-state index in [-0.39, 0.29) is 74.0 Å². The first-order chi connectivity index (χ1) is 64.8. The van der Waals surface area contributed by atoms with Crippen LogP contribution in [0.1, 0.15) is 283 Å². The minimum Gasteiger partial charge on any atom is -0.491 e. The molecule has 3 unspecified atom stereocenters. The lowest BCUT2D eigenvalue weighted by atomic mass is 9.86. The molecular weight excluding hydrogens is 1780 g/mol. The van der Waals surface area contributed by atoms with Crippen LogP contribution in [0.25, 0.3) is 72.0 Å². The molecule has 139 heavy (non-hydrogen) atoms. The summed E-state index contributed by atoms with van der Waals surface area (Å²) in [4.78, 5) is 8.73. The highest BCUT2D eigenvalue weighted by Gasteiger charge is 2.27. The van der Waals surface area contributed by atoms with Gasteiger partial charge in [-0.3, -0.25) is 4.40 Å². The van der Waals surface area contributed by atoms with Crippen LogP contribution < -0.4 is 10.1 Å². The minimum atomic E-state index is -0.821. The number of hydrogen-bond acceptors (Lipinski definition) is 25. The number of benzene rings is 7. The van der Waals surface area contributed by atoms with Gasteiger partial charge in [-0.15, -0.1) is 10.2 Å². The van der Waals surface area contributed by atoms with Crippen molar-refractivity contribution in [3.8, 4) is 5.75 Å². The summed E-state index contributed by atoms with van der Waals surface area (Å²) < 4.78 is 43.1. The fourth-order valence-electron chi connectivity index (χ4n) is 14.1. The molecule has 0 aliphatic rings. The number of anilines is 1. The summed E-state index contributed by atoms with van der Waals surface area (Å²) in [6.07, 6.45) is 7.91. The van der Waals surface area contributed by atoms with Crippen molar-refractivity contribution in [2.45, 2.75) is 287 Å². The molecule has 18 aromatic rings. The Morgan fingerprint density at radius 3 is 1.44 bits per heavy atom. The van der Waals surface area contributed by atoms with Crippen molar-refractivity contribution in [1.29, 1.82) is 0 Å². The average Bonchev–Trinajstić information content (AvgIpc) is 1.67. The number of nitrogens with one attached hydrogen (secondary N) is 1. The Morgan fingerprint density at radius 1 is 0.367 bits per heavy atom. The number of imidazole rings is 2. The molecule has 0 radical (unpaired) electrons. The van der Waals surface area contributed by atoms with E-state index in [2.05, 4.69) is 345 Å². The van der Waals surface area contributed by atoms with Gasteiger partial charge < -0.3 is 48.9 Å². The molecule has 0 bridgehead atoms. The zero-order valence-electron chi connectivity index (χ0n) is 87.3. The number of ether oxygens (including phenoxy) is 1. The standard InChI is InChI=1S/C13H18N2O.C13H21NO2.C13H20O3.C11H14N2.C11H13NO.C10H13N3.2C10H12N2O.2C10H12N2S/c1-9(16)10-5-6-15-11(13(2,3)4)8-14-12(15)7-10;1-13(2,3)10-5-4-6-11(7-10)14-8-12(16)9-15;1-13(2,3)10-5-4-6-12(7-10)16-9-11(15)8-14;1-11(2,3)9-8-12-10-6-4-5-7-13(9)10;1-11(2,3)10-8-6-4-5-7-9(8)13-12-10;1-10(2,3)9-12-11-8-6-4-5-7-13(8)9;1-10(2,3)7-4-5-8-9(6-7)12-13-11-8;1-10(2,3)7-5-4-6-8-9(7)12-13-11-8;1-10(2,3)7-4-5-8-9(6-7)12-13-11-8;1-10(2,3)7-5-4-6-8-9(7)12-13-11-8/h5-9,16H,1-4H3;4-7,12,14-16H,8-9H2,1-3H3;4-7,11,14-15H,8-9H2,1-3H3;4-8H,1-3H3;2*4-7H,1-3H3;4*4-6H,1-3H3. The zero-order valence-corrected chi connectivity index (χ0v) is 88.9. The van der Waals surface area contributed by atoms with Crippen LogP contribution in [-0.4, -0.2) is 141 Å². The second kappa shape index (κ2) is 46.7. The molecule has 0 fully saturated rings. The van der Waals surface area contributed by atoms with Crippen molar-refractivity contribution in [2.75, 3.05) is 31.7 Å². The number of fused-ring (bicyclic) bond motifs is 8. The van der Waals surface area contributed by atoms with Gasteiger partial charge in [-0.05, 0) is 208 Å². The lowest BCUT2D eigenvalue weighted by molar-refractivity contribution is 0.0535. The second-order valence-electron chi connectivity index (χ2n) is 44.8. The minimum absolute atomic E-state index is 0.0424. The molecule has 742 valence electrons. The predicted molar refractivity (Wildman–Crippen MR) is 567 cm³/mol. The maximum absolute atomic E-state index is 9.51. The molecule has 3 atom stereocenters. The van der Waals surface area contributed by atoms with Gasteiger partial charge in [0.05, 0.1) is 54.6 Å². The van der Waals surface area contributed by atoms with Gasteiger partial charge in [0.2, 0.25) is 0 Å². The van der Waals surface area contributed by atoms with Crippen LogP contribution in [0.3, 0.4) is 0 Å². The molecule has 0 saturated carbocycles. The number of hydrogen-bond donors (Lipinski definition) is 6. The number of rotatable bonds is 9. The maximum atomic E-state index is 9.51. The van der Waals surface area contributed by atoms with Crippen molar-refractivity contribution in [3.05, 3.63) is 287 Å². The third-order valence-corrected chi connectivity index (χ3v) is 23.4. The van der Waals surface area contributed by atoms with E-state index in [1.807, 2.05) is 175 Å². The van der Waals surface area contributed by atoms with E-state index < -0.39 is 18.3 Å². The molecule has 7 aromatic carbocycles. The van der Waals surface area contributed by atoms with Gasteiger partial charge in [0.15, 0.2) is 11.2 Å². The summed E-state index contributed by atoms with van der Waals surface area (Å²) in [5, 5.41) is 77.2. The van der Waals surface area contributed by atoms with Crippen molar-refractivity contribution in [1.82, 2.24) is 76.6 Å². The summed E-state index contributed by atoms with van der Waals surface area (Å²) in [7, 11) is 0. The Morgan fingerprint density at radius 2 is 0.856 bits per heavy atom. The van der Waals surface area contributed by atoms with E-state index in [1.165, 1.54) is 68.2 Å². The third-order valence-electron chi connectivity index (χ3n) is 22.3. The summed E-state index contributed by atoms with van der Waals surface area (Å²) in [6, 6.07) is 64.2. The third kappa shape index (κ3) is 31.9. The van der Waals surface area contributed by atoms with Crippen LogP contribution in [-0.2, 0) is 54.1 Å². The second-order valence-corrected chi connectivity index (χ2v) is 45.9. The van der Waals surface area contributed by atoms with Crippen LogP contribution in [0.15, 0.2) is 239 Å². The summed E-state index contributed by atoms with van der Waals surface area (Å²) in [6.45, 7) is 66.7. The molecule has 6 N–H and O–H groups in total. The van der Waals surface area contributed by atoms with Gasteiger partial charge in [-0.2, -0.15) is 17.5 Å². The number of para-hydroxylation sites is 1. The van der Waals surface area contributed by atoms with Crippen molar-refractivity contribution < 1.29 is 44.1 Å². The van der Waals surface area contributed by atoms with Crippen LogP contribution in [0.2, 0.25) is 0 Å². The van der Waals surface area contributed by atoms with E-state index in [4.69, 9.17) is 24.1 Å². The van der Waals surface area contributed by atoms with Crippen LogP contribution in [0, 0.1) is 0 Å². The monoisotopic (exact) mass is 1930 g/mol. The average molecular weight is 1930 g/mol. The highest BCUT2D eigenvalue weighted by molar-refractivity contribution is 7.00. The molecule has 0 amide bonds. The normalized spacial score (nSPS) is 12.8. The first-order valence-corrected chi connectivity index (χ1v) is 48.6. The van der Waals surface area contributed by atoms with Gasteiger partial charge >= 0.3 is 0 Å². The van der Waals surface area contributed by atoms with Gasteiger partial charge in [-0.25, -0.2) is 19.2 Å². The smallest absolute Gasteiger partial charge is 0.167 e. The molecule has 0 spiro atoms. The molecule has 18 rings (SSSR count). The first-order valence-electron chi connectivity index (χ1n) is 47.1. The molecule has 0 aliphatic heterocycles. The van der Waals surface area contributed by atoms with Crippen molar-refractivity contribution in [3.63, 3.8) is 0 Å². The highest BCUT2D eigenvalue weighted by Crippen LogP contribution is 2.35. The van der Waals surface area contributed by atoms with Crippen molar-refractivity contribution in [2.24, 2.45) is 0 Å². The van der Waals surface area contributed by atoms with Gasteiger partial charge in [0, 0.05) is 81.7 Å². The van der Waals surface area contributed by atoms with Crippen LogP contribution >= 0.6 is 23.5 Å². The van der Waals surface area contributed by atoms with Crippen LogP contribution in [0.4, 0.5) is 5.69 Å². The van der Waals surface area contributed by atoms with Crippen molar-refractivity contribution >= 4 is 101 Å². The zero-order chi connectivity index (χ0) is 103. The number of pyridine rings is 3. The van der Waals surface area contributed by atoms with Gasteiger partial charge in [-0.1, -0.05) is 298 Å². The first kappa shape index (κ1) is 110. The Kier molecular flexibility index (Phi) is 37.2. The molecule has 0 aliphatic carbocycles. The van der Waals surface area contributed by atoms with Gasteiger partial charge in [0.25, 0.3) is 0 Å². The molecule has 0 saturated heterocycles. The summed E-state index contributed by atoms with van der Waals surface area (Å²) in [5.74, 6) is 1.73. The lowest BCUT2D eigenvalue weighted by Gasteiger charge is -2.20. The largest absolute Gasteiger partial charge is 0.491 e. The number of aromatic nitrogens is 16. The van der Waals surface area contributed by atoms with E-state index in [0.29, 0.717) is 6.54 Å². The summed E-state index contributed by atoms with van der Waals surface area (Å²) in [5.41, 5.74) is 25.0. The fourth-order valence-corrected chi connectivity index (χ4v) is 15.2. The Balaban J connectivity index is 0.000000173. The van der Waals surface area contributed by atoms with Gasteiger partial charge in [0.1, 0.15) is 79.7 Å². The van der Waals surface area contributed by atoms with E-state index in [0.717, 1.165) is 101 Å². The molecule has 11 heterocycles. The molecule has 26 nitrogen and oxygen atoms in total. The SMILES string of the molecule is CC(C)(C)c1ccc2nonc2c1.CC(C)(C)c1ccc2nsnc2c1.CC(C)(C)c1cccc(NCC(O)CO)c1.CC(C)(C)c1cccc(OCC(O)CO)c1.CC(C)(C)c1cccc2nonc12.CC(C)(C)c1cccc2nsnc12.CC(C)(C)c1cnc2ccccn12.CC(C)(C)c1nnc2ccccn12.CC(C)(C)c1noc2ccccc12.CC(O)c1ccn2c(C(C)(C)C)cnc2c1. The number of nitrogens with zero attached hydrogens (tertiary/aromatic N) is 16. The van der Waals surface area contributed by atoms with E-state index in [1.54, 1.807) is 6.92 Å². The predicted octanol–water partition coefficient (Wildman–Crippen LogP) is 25.0. The lowest BCUT2D eigenvalue weighted by Crippen LogP contribution is -2.23. The molecule has 11 aromatic heterocycles. The Bertz CT molecular complexity index is 6410. The Hall–Kier alpha value is -12.2. The number of aliphatic hydroxyl groups is 5. The maximum Gasteiger partial charge on any atom is 0.167 e. The van der Waals surface area contributed by atoms with E-state index in [9.17, 15) is 15.3 Å². The summed E-state index contributed by atoms with van der Waals surface area (Å²) >= 11 is 2.56. The van der Waals surface area contributed by atoms with E-state index >= 15 is 0 Å². The fraction of sp³-hybridized carbons (Fsp3) is 0.432. The van der Waals surface area contributed by atoms with Crippen LogP contribution in [0.5, 0.6) is 5.75 Å².